The molecule has 0 aliphatic heterocycles. The van der Waals surface area contributed by atoms with Crippen LogP contribution in [0.3, 0.4) is 0 Å². The Kier molecular flexibility index (Phi) is 6.28. The van der Waals surface area contributed by atoms with E-state index in [-0.39, 0.29) is 10.9 Å². The Morgan fingerprint density at radius 2 is 1.75 bits per heavy atom. The molecule has 2 aromatic heterocycles. The lowest BCUT2D eigenvalue weighted by molar-refractivity contribution is -0.139. The number of carboxylic acids is 1. The number of aliphatic carboxylic acids is 1. The van der Waals surface area contributed by atoms with E-state index in [1.165, 1.54) is 11.3 Å². The van der Waals surface area contributed by atoms with E-state index in [0.29, 0.717) is 12.1 Å². The highest BCUT2D eigenvalue weighted by Gasteiger charge is 2.25. The second kappa shape index (κ2) is 9.28. The quantitative estimate of drug-likeness (QED) is 0.405. The van der Waals surface area contributed by atoms with Gasteiger partial charge in [-0.1, -0.05) is 62.4 Å². The van der Waals surface area contributed by atoms with Gasteiger partial charge in [-0.3, -0.25) is 9.78 Å². The molecule has 7 heteroatoms. The Bertz CT molecular complexity index is 1260. The first-order chi connectivity index (χ1) is 15.4. The fourth-order valence-electron chi connectivity index (χ4n) is 3.60. The van der Waals surface area contributed by atoms with Crippen molar-refractivity contribution < 1.29 is 14.7 Å². The van der Waals surface area contributed by atoms with Crippen LogP contribution in [-0.4, -0.2) is 33.0 Å². The number of pyridine rings is 1. The molecule has 0 fully saturated rings. The normalized spacial score (nSPS) is 12.1. The second-order valence-electron chi connectivity index (χ2n) is 7.93. The van der Waals surface area contributed by atoms with E-state index < -0.39 is 17.9 Å². The molecule has 2 aromatic carbocycles. The maximum Gasteiger partial charge on any atom is 0.326 e. The van der Waals surface area contributed by atoms with E-state index in [0.717, 1.165) is 26.9 Å². The molecule has 1 atom stereocenters. The van der Waals surface area contributed by atoms with Crippen molar-refractivity contribution in [3.8, 4) is 21.7 Å². The van der Waals surface area contributed by atoms with Crippen LogP contribution in [0, 0.1) is 5.92 Å². The molecule has 1 amide bonds. The molecule has 162 valence electrons. The molecule has 32 heavy (non-hydrogen) atoms. The van der Waals surface area contributed by atoms with Gasteiger partial charge in [0.1, 0.15) is 6.04 Å². The van der Waals surface area contributed by atoms with Gasteiger partial charge in [0.05, 0.1) is 16.1 Å². The molecular weight excluding hydrogens is 422 g/mol. The number of para-hydroxylation sites is 1. The number of hydrogen-bond donors (Lipinski definition) is 2. The third-order valence-corrected chi connectivity index (χ3v) is 6.18. The molecule has 4 rings (SSSR count). The molecule has 0 unspecified atom stereocenters. The molecular formula is C25H23N3O3S. The molecule has 0 saturated heterocycles. The molecule has 0 saturated carbocycles. The minimum atomic E-state index is -1.05. The third kappa shape index (κ3) is 4.53. The predicted octanol–water partition coefficient (Wildman–Crippen LogP) is 5.25. The number of benzene rings is 2. The minimum Gasteiger partial charge on any atom is -0.480 e. The number of carbonyl (C=O) groups excluding carboxylic acids is 1. The number of nitrogens with zero attached hydrogens (tertiary/aromatic N) is 2. The highest BCUT2D eigenvalue weighted by atomic mass is 32.1. The summed E-state index contributed by atoms with van der Waals surface area (Å²) in [5, 5.41) is 13.3. The first-order valence-corrected chi connectivity index (χ1v) is 11.2. The number of thiazole rings is 1. The van der Waals surface area contributed by atoms with Crippen LogP contribution in [0.5, 0.6) is 0 Å². The fraction of sp³-hybridized carbons (Fsp3) is 0.200. The van der Waals surface area contributed by atoms with Crippen molar-refractivity contribution in [2.24, 2.45) is 5.92 Å². The van der Waals surface area contributed by atoms with Gasteiger partial charge in [0.2, 0.25) is 0 Å². The lowest BCUT2D eigenvalue weighted by atomic mass is 10.0. The molecule has 0 aliphatic rings. The van der Waals surface area contributed by atoms with E-state index >= 15 is 0 Å². The van der Waals surface area contributed by atoms with Gasteiger partial charge in [0, 0.05) is 17.1 Å². The Labute approximate surface area is 190 Å². The van der Waals surface area contributed by atoms with Crippen molar-refractivity contribution in [2.45, 2.75) is 26.3 Å². The Morgan fingerprint density at radius 1 is 1.03 bits per heavy atom. The molecule has 0 radical (unpaired) electrons. The monoisotopic (exact) mass is 445 g/mol. The number of carboxylic acid groups (broad SMARTS) is 1. The predicted molar refractivity (Wildman–Crippen MR) is 127 cm³/mol. The first kappa shape index (κ1) is 21.6. The summed E-state index contributed by atoms with van der Waals surface area (Å²) in [6, 6.07) is 18.5. The average Bonchev–Trinajstić information content (AvgIpc) is 3.24. The zero-order valence-electron chi connectivity index (χ0n) is 17.8. The topological polar surface area (TPSA) is 92.2 Å². The van der Waals surface area contributed by atoms with Crippen LogP contribution in [-0.2, 0) is 4.79 Å². The van der Waals surface area contributed by atoms with Gasteiger partial charge in [-0.25, -0.2) is 9.78 Å². The van der Waals surface area contributed by atoms with E-state index in [1.54, 1.807) is 6.20 Å². The number of fused-ring (bicyclic) bond motifs is 1. The summed E-state index contributed by atoms with van der Waals surface area (Å²) < 4.78 is 0. The second-order valence-corrected chi connectivity index (χ2v) is 8.93. The van der Waals surface area contributed by atoms with Gasteiger partial charge in [-0.15, -0.1) is 11.3 Å². The summed E-state index contributed by atoms with van der Waals surface area (Å²) in [6.45, 7) is 3.84. The standard InChI is InChI=1S/C25H23N3O3S/c1-15(2)14-20(25(30)31)27-23(29)24-28-21(22(32-24)16-8-4-3-5-9-16)18-12-13-26-19-11-7-6-10-17(18)19/h3-13,15,20H,14H2,1-2H3,(H,27,29)(H,30,31)/t20-/m0/s1. The summed E-state index contributed by atoms with van der Waals surface area (Å²) in [7, 11) is 0. The summed E-state index contributed by atoms with van der Waals surface area (Å²) in [4.78, 5) is 34.6. The van der Waals surface area contributed by atoms with Crippen LogP contribution in [0.25, 0.3) is 32.6 Å². The van der Waals surface area contributed by atoms with Gasteiger partial charge in [0.15, 0.2) is 5.01 Å². The smallest absolute Gasteiger partial charge is 0.326 e. The lowest BCUT2D eigenvalue weighted by Crippen LogP contribution is -2.41. The van der Waals surface area contributed by atoms with Gasteiger partial charge >= 0.3 is 5.97 Å². The van der Waals surface area contributed by atoms with Crippen molar-refractivity contribution in [3.05, 3.63) is 71.9 Å². The summed E-state index contributed by atoms with van der Waals surface area (Å²) in [5.41, 5.74) is 3.34. The van der Waals surface area contributed by atoms with Crippen LogP contribution in [0.15, 0.2) is 66.9 Å². The number of nitrogens with one attached hydrogen (secondary N) is 1. The maximum atomic E-state index is 13.0. The van der Waals surface area contributed by atoms with Crippen LogP contribution >= 0.6 is 11.3 Å². The highest BCUT2D eigenvalue weighted by Crippen LogP contribution is 2.39. The van der Waals surface area contributed by atoms with Crippen LogP contribution in [0.1, 0.15) is 30.1 Å². The van der Waals surface area contributed by atoms with Crippen molar-refractivity contribution in [1.29, 1.82) is 0 Å². The minimum absolute atomic E-state index is 0.131. The molecule has 2 N–H and O–H groups in total. The molecule has 0 spiro atoms. The fourth-order valence-corrected chi connectivity index (χ4v) is 4.59. The van der Waals surface area contributed by atoms with Crippen LogP contribution in [0.2, 0.25) is 0 Å². The number of carbonyl (C=O) groups is 2. The first-order valence-electron chi connectivity index (χ1n) is 10.4. The van der Waals surface area contributed by atoms with Crippen LogP contribution in [0.4, 0.5) is 0 Å². The summed E-state index contributed by atoms with van der Waals surface area (Å²) >= 11 is 1.26. The highest BCUT2D eigenvalue weighted by molar-refractivity contribution is 7.17. The molecule has 6 nitrogen and oxygen atoms in total. The van der Waals surface area contributed by atoms with E-state index in [4.69, 9.17) is 0 Å². The molecule has 2 heterocycles. The number of rotatable bonds is 7. The third-order valence-electron chi connectivity index (χ3n) is 5.07. The van der Waals surface area contributed by atoms with E-state index in [2.05, 4.69) is 15.3 Å². The zero-order chi connectivity index (χ0) is 22.7. The van der Waals surface area contributed by atoms with Gasteiger partial charge in [-0.05, 0) is 30.0 Å². The van der Waals surface area contributed by atoms with Crippen molar-refractivity contribution in [2.75, 3.05) is 0 Å². The van der Waals surface area contributed by atoms with E-state index in [9.17, 15) is 14.7 Å². The number of amides is 1. The SMILES string of the molecule is CC(C)C[C@H](NC(=O)c1nc(-c2ccnc3ccccc23)c(-c2ccccc2)s1)C(=O)O. The van der Waals surface area contributed by atoms with Crippen molar-refractivity contribution in [1.82, 2.24) is 15.3 Å². The lowest BCUT2D eigenvalue weighted by Gasteiger charge is -2.15. The number of aromatic nitrogens is 2. The molecule has 4 aromatic rings. The van der Waals surface area contributed by atoms with Crippen molar-refractivity contribution >= 4 is 34.1 Å². The average molecular weight is 446 g/mol. The van der Waals surface area contributed by atoms with Gasteiger partial charge in [0.25, 0.3) is 5.91 Å². The van der Waals surface area contributed by atoms with Crippen molar-refractivity contribution in [3.63, 3.8) is 0 Å². The number of hydrogen-bond acceptors (Lipinski definition) is 5. The summed E-state index contributed by atoms with van der Waals surface area (Å²) in [6.07, 6.45) is 2.08. The van der Waals surface area contributed by atoms with Gasteiger partial charge < -0.3 is 10.4 Å². The molecule has 0 bridgehead atoms. The Balaban J connectivity index is 1.80. The largest absolute Gasteiger partial charge is 0.480 e. The van der Waals surface area contributed by atoms with Gasteiger partial charge in [-0.2, -0.15) is 0 Å². The Morgan fingerprint density at radius 3 is 2.47 bits per heavy atom. The maximum absolute atomic E-state index is 13.0. The van der Waals surface area contributed by atoms with Crippen LogP contribution < -0.4 is 5.32 Å². The summed E-state index contributed by atoms with van der Waals surface area (Å²) in [5.74, 6) is -1.40. The molecule has 0 aliphatic carbocycles. The Hall–Kier alpha value is -3.58. The zero-order valence-corrected chi connectivity index (χ0v) is 18.6. The van der Waals surface area contributed by atoms with E-state index in [1.807, 2.05) is 74.5 Å².